The minimum absolute atomic E-state index is 0.155. The molecule has 0 aliphatic carbocycles. The van der Waals surface area contributed by atoms with Gasteiger partial charge in [-0.1, -0.05) is 15.9 Å². The van der Waals surface area contributed by atoms with Gasteiger partial charge in [0.2, 0.25) is 0 Å². The number of nitrogens with one attached hydrogen (secondary N) is 1. The number of hydrogen-bond donors (Lipinski definition) is 1. The van der Waals surface area contributed by atoms with Crippen LogP contribution in [0.2, 0.25) is 0 Å². The van der Waals surface area contributed by atoms with Gasteiger partial charge >= 0.3 is 0 Å². The van der Waals surface area contributed by atoms with Crippen molar-refractivity contribution in [2.24, 2.45) is 0 Å². The molecule has 3 nitrogen and oxygen atoms in total. The third-order valence-corrected chi connectivity index (χ3v) is 2.92. The molecule has 92 valence electrons. The van der Waals surface area contributed by atoms with Gasteiger partial charge in [-0.25, -0.2) is 4.98 Å². The molecule has 0 saturated carbocycles. The molecule has 0 aliphatic rings. The van der Waals surface area contributed by atoms with Gasteiger partial charge in [0, 0.05) is 16.2 Å². The molecule has 1 amide bonds. The molecule has 1 heterocycles. The van der Waals surface area contributed by atoms with Gasteiger partial charge in [0.25, 0.3) is 5.91 Å². The van der Waals surface area contributed by atoms with Gasteiger partial charge in [0.15, 0.2) is 0 Å². The standard InChI is InChI=1S/C14H13BrN2O/c1-9-3-4-16-13(7-9)17-14(18)11-5-10(2)6-12(15)8-11/h3-8H,1-2H3,(H,16,17,18). The fourth-order valence-corrected chi connectivity index (χ4v) is 2.27. The molecule has 0 atom stereocenters. The minimum atomic E-state index is -0.155. The lowest BCUT2D eigenvalue weighted by Gasteiger charge is -2.06. The van der Waals surface area contributed by atoms with Crippen molar-refractivity contribution in [3.8, 4) is 0 Å². The molecule has 0 bridgehead atoms. The van der Waals surface area contributed by atoms with Crippen LogP contribution in [0.15, 0.2) is 41.0 Å². The van der Waals surface area contributed by atoms with Crippen LogP contribution in [0.25, 0.3) is 0 Å². The number of aromatic nitrogens is 1. The molecule has 2 rings (SSSR count). The minimum Gasteiger partial charge on any atom is -0.307 e. The van der Waals surface area contributed by atoms with E-state index in [2.05, 4.69) is 26.2 Å². The van der Waals surface area contributed by atoms with Crippen molar-refractivity contribution < 1.29 is 4.79 Å². The predicted octanol–water partition coefficient (Wildman–Crippen LogP) is 3.71. The first kappa shape index (κ1) is 12.8. The van der Waals surface area contributed by atoms with Crippen LogP contribution in [-0.2, 0) is 0 Å². The van der Waals surface area contributed by atoms with E-state index in [1.54, 1.807) is 12.3 Å². The summed E-state index contributed by atoms with van der Waals surface area (Å²) >= 11 is 3.38. The summed E-state index contributed by atoms with van der Waals surface area (Å²) in [5.74, 6) is 0.412. The molecule has 0 aliphatic heterocycles. The average molecular weight is 305 g/mol. The van der Waals surface area contributed by atoms with Gasteiger partial charge in [-0.15, -0.1) is 0 Å². The highest BCUT2D eigenvalue weighted by atomic mass is 79.9. The molecule has 4 heteroatoms. The van der Waals surface area contributed by atoms with Gasteiger partial charge in [-0.3, -0.25) is 4.79 Å². The summed E-state index contributed by atoms with van der Waals surface area (Å²) in [6.45, 7) is 3.91. The van der Waals surface area contributed by atoms with Gasteiger partial charge in [-0.05, 0) is 55.3 Å². The summed E-state index contributed by atoms with van der Waals surface area (Å²) in [6, 6.07) is 9.32. The molecule has 1 aromatic heterocycles. The molecule has 0 unspecified atom stereocenters. The number of amides is 1. The second kappa shape index (κ2) is 5.31. The SMILES string of the molecule is Cc1cc(Br)cc(C(=O)Nc2cc(C)ccn2)c1. The van der Waals surface area contributed by atoms with Crippen molar-refractivity contribution in [2.45, 2.75) is 13.8 Å². The van der Waals surface area contributed by atoms with E-state index < -0.39 is 0 Å². The van der Waals surface area contributed by atoms with Crippen molar-refractivity contribution in [1.29, 1.82) is 0 Å². The first-order valence-corrected chi connectivity index (χ1v) is 6.35. The van der Waals surface area contributed by atoms with Crippen molar-refractivity contribution in [3.05, 3.63) is 57.7 Å². The highest BCUT2D eigenvalue weighted by Gasteiger charge is 2.08. The van der Waals surface area contributed by atoms with Crippen LogP contribution < -0.4 is 5.32 Å². The Hall–Kier alpha value is -1.68. The van der Waals surface area contributed by atoms with Crippen LogP contribution in [-0.4, -0.2) is 10.9 Å². The van der Waals surface area contributed by atoms with Crippen molar-refractivity contribution in [1.82, 2.24) is 4.98 Å². The Kier molecular flexibility index (Phi) is 3.77. The Labute approximate surface area is 114 Å². The zero-order valence-electron chi connectivity index (χ0n) is 10.2. The fraction of sp³-hybridized carbons (Fsp3) is 0.143. The summed E-state index contributed by atoms with van der Waals surface area (Å²) in [4.78, 5) is 16.2. The Bertz CT molecular complexity index is 576. The number of carbonyl (C=O) groups is 1. The molecule has 2 aromatic rings. The van der Waals surface area contributed by atoms with Gasteiger partial charge in [0.1, 0.15) is 5.82 Å². The number of pyridine rings is 1. The van der Waals surface area contributed by atoms with Crippen LogP contribution in [0.4, 0.5) is 5.82 Å². The van der Waals surface area contributed by atoms with Crippen LogP contribution >= 0.6 is 15.9 Å². The number of benzene rings is 1. The van der Waals surface area contributed by atoms with E-state index in [0.717, 1.165) is 15.6 Å². The number of hydrogen-bond acceptors (Lipinski definition) is 2. The normalized spacial score (nSPS) is 10.2. The Balaban J connectivity index is 2.22. The van der Waals surface area contributed by atoms with Crippen LogP contribution in [0.5, 0.6) is 0 Å². The molecular formula is C14H13BrN2O. The van der Waals surface area contributed by atoms with E-state index in [4.69, 9.17) is 0 Å². The van der Waals surface area contributed by atoms with Crippen LogP contribution in [0.1, 0.15) is 21.5 Å². The first-order chi connectivity index (χ1) is 8.54. The van der Waals surface area contributed by atoms with Crippen molar-refractivity contribution in [2.75, 3.05) is 5.32 Å². The summed E-state index contributed by atoms with van der Waals surface area (Å²) in [7, 11) is 0. The van der Waals surface area contributed by atoms with Gasteiger partial charge in [-0.2, -0.15) is 0 Å². The number of anilines is 1. The predicted molar refractivity (Wildman–Crippen MR) is 75.8 cm³/mol. The number of nitrogens with zero attached hydrogens (tertiary/aromatic N) is 1. The summed E-state index contributed by atoms with van der Waals surface area (Å²) in [5, 5.41) is 2.78. The molecule has 0 spiro atoms. The molecule has 0 fully saturated rings. The quantitative estimate of drug-likeness (QED) is 0.919. The monoisotopic (exact) mass is 304 g/mol. The van der Waals surface area contributed by atoms with E-state index in [1.807, 2.05) is 38.1 Å². The van der Waals surface area contributed by atoms with E-state index in [0.29, 0.717) is 11.4 Å². The van der Waals surface area contributed by atoms with Gasteiger partial charge < -0.3 is 5.32 Å². The molecule has 1 N–H and O–H groups in total. The fourth-order valence-electron chi connectivity index (χ4n) is 1.66. The molecule has 1 aromatic carbocycles. The highest BCUT2D eigenvalue weighted by Crippen LogP contribution is 2.16. The first-order valence-electron chi connectivity index (χ1n) is 5.56. The van der Waals surface area contributed by atoms with E-state index in [1.165, 1.54) is 0 Å². The lowest BCUT2D eigenvalue weighted by molar-refractivity contribution is 0.102. The zero-order chi connectivity index (χ0) is 13.1. The van der Waals surface area contributed by atoms with E-state index in [9.17, 15) is 4.79 Å². The molecule has 0 radical (unpaired) electrons. The second-order valence-corrected chi connectivity index (χ2v) is 5.11. The maximum atomic E-state index is 12.1. The summed E-state index contributed by atoms with van der Waals surface area (Å²) < 4.78 is 0.893. The lowest BCUT2D eigenvalue weighted by Crippen LogP contribution is -2.13. The maximum Gasteiger partial charge on any atom is 0.256 e. The smallest absolute Gasteiger partial charge is 0.256 e. The van der Waals surface area contributed by atoms with E-state index in [-0.39, 0.29) is 5.91 Å². The number of halogens is 1. The van der Waals surface area contributed by atoms with Crippen LogP contribution in [0, 0.1) is 13.8 Å². The van der Waals surface area contributed by atoms with Crippen LogP contribution in [0.3, 0.4) is 0 Å². The van der Waals surface area contributed by atoms with Crippen molar-refractivity contribution in [3.63, 3.8) is 0 Å². The molecular weight excluding hydrogens is 292 g/mol. The number of rotatable bonds is 2. The van der Waals surface area contributed by atoms with Gasteiger partial charge in [0.05, 0.1) is 0 Å². The summed E-state index contributed by atoms with van der Waals surface area (Å²) in [6.07, 6.45) is 1.68. The third kappa shape index (κ3) is 3.17. The molecule has 0 saturated heterocycles. The maximum absolute atomic E-state index is 12.1. The molecule has 18 heavy (non-hydrogen) atoms. The average Bonchev–Trinajstić information content (AvgIpc) is 2.27. The number of carbonyl (C=O) groups excluding carboxylic acids is 1. The second-order valence-electron chi connectivity index (χ2n) is 4.19. The highest BCUT2D eigenvalue weighted by molar-refractivity contribution is 9.10. The largest absolute Gasteiger partial charge is 0.307 e. The number of aryl methyl sites for hydroxylation is 2. The Morgan fingerprint density at radius 2 is 1.94 bits per heavy atom. The van der Waals surface area contributed by atoms with Crippen molar-refractivity contribution >= 4 is 27.7 Å². The zero-order valence-corrected chi connectivity index (χ0v) is 11.8. The summed E-state index contributed by atoms with van der Waals surface area (Å²) in [5.41, 5.74) is 2.71. The lowest BCUT2D eigenvalue weighted by atomic mass is 10.1. The Morgan fingerprint density at radius 1 is 1.17 bits per heavy atom. The Morgan fingerprint density at radius 3 is 2.61 bits per heavy atom. The van der Waals surface area contributed by atoms with E-state index >= 15 is 0 Å². The topological polar surface area (TPSA) is 42.0 Å². The third-order valence-electron chi connectivity index (χ3n) is 2.46.